The molecule has 1 aromatic heterocycles. The molecule has 0 aromatic carbocycles. The lowest BCUT2D eigenvalue weighted by Gasteiger charge is -2.16. The summed E-state index contributed by atoms with van der Waals surface area (Å²) in [6.07, 6.45) is -4.07. The number of alkyl halides is 3. The van der Waals surface area contributed by atoms with Crippen LogP contribution < -0.4 is 5.73 Å². The molecule has 0 bridgehead atoms. The average molecular weight is 207 g/mol. The molecule has 0 amide bonds. The summed E-state index contributed by atoms with van der Waals surface area (Å²) in [6.45, 7) is 3.47. The standard InChI is InChI=1S/C8H12F3N3/c1-7(2,12)4-5-3-6(14-13-5)8(9,10)11/h3H,4,12H2,1-2H3,(H,13,14). The van der Waals surface area contributed by atoms with Gasteiger partial charge in [0.2, 0.25) is 0 Å². The zero-order valence-electron chi connectivity index (χ0n) is 7.94. The summed E-state index contributed by atoms with van der Waals surface area (Å²) in [6, 6.07) is 0.981. The Morgan fingerprint density at radius 3 is 2.36 bits per heavy atom. The van der Waals surface area contributed by atoms with Crippen LogP contribution in [0.2, 0.25) is 0 Å². The summed E-state index contributed by atoms with van der Waals surface area (Å²) in [4.78, 5) is 0. The van der Waals surface area contributed by atoms with Crippen LogP contribution in [0.4, 0.5) is 13.2 Å². The summed E-state index contributed by atoms with van der Waals surface area (Å²) in [5, 5.41) is 5.48. The Bertz CT molecular complexity index is 308. The van der Waals surface area contributed by atoms with Crippen molar-refractivity contribution in [2.24, 2.45) is 5.73 Å². The van der Waals surface area contributed by atoms with Crippen molar-refractivity contribution in [1.29, 1.82) is 0 Å². The largest absolute Gasteiger partial charge is 0.435 e. The lowest BCUT2D eigenvalue weighted by molar-refractivity contribution is -0.141. The Morgan fingerprint density at radius 2 is 2.00 bits per heavy atom. The van der Waals surface area contributed by atoms with Crippen molar-refractivity contribution in [3.05, 3.63) is 17.5 Å². The van der Waals surface area contributed by atoms with Crippen LogP contribution in [0.1, 0.15) is 25.2 Å². The highest BCUT2D eigenvalue weighted by atomic mass is 19.4. The zero-order valence-corrected chi connectivity index (χ0v) is 7.94. The normalized spacial score (nSPS) is 13.3. The maximum absolute atomic E-state index is 12.1. The van der Waals surface area contributed by atoms with Crippen LogP contribution in [0, 0.1) is 0 Å². The van der Waals surface area contributed by atoms with E-state index >= 15 is 0 Å². The van der Waals surface area contributed by atoms with Crippen molar-refractivity contribution in [2.75, 3.05) is 0 Å². The summed E-state index contributed by atoms with van der Waals surface area (Å²) < 4.78 is 36.4. The number of hydrogen-bond donors (Lipinski definition) is 2. The predicted octanol–water partition coefficient (Wildman–Crippen LogP) is 1.71. The van der Waals surface area contributed by atoms with E-state index in [9.17, 15) is 13.2 Å². The molecule has 0 unspecified atom stereocenters. The van der Waals surface area contributed by atoms with Crippen LogP contribution in [0.15, 0.2) is 6.07 Å². The molecule has 1 rings (SSSR count). The molecule has 6 heteroatoms. The molecular formula is C8H12F3N3. The SMILES string of the molecule is CC(C)(N)Cc1cc(C(F)(F)F)n[nH]1. The number of nitrogens with one attached hydrogen (secondary N) is 1. The smallest absolute Gasteiger partial charge is 0.325 e. The van der Waals surface area contributed by atoms with Gasteiger partial charge in [0.15, 0.2) is 5.69 Å². The topological polar surface area (TPSA) is 54.7 Å². The molecule has 80 valence electrons. The molecule has 0 aliphatic heterocycles. The highest BCUT2D eigenvalue weighted by Gasteiger charge is 2.34. The molecule has 0 spiro atoms. The molecule has 0 aliphatic carbocycles. The third-order valence-corrected chi connectivity index (χ3v) is 1.57. The van der Waals surface area contributed by atoms with Gasteiger partial charge in [0.05, 0.1) is 0 Å². The Morgan fingerprint density at radius 1 is 1.43 bits per heavy atom. The molecule has 0 saturated heterocycles. The van der Waals surface area contributed by atoms with E-state index in [1.807, 2.05) is 0 Å². The minimum atomic E-state index is -4.40. The molecule has 0 aliphatic rings. The first-order valence-corrected chi connectivity index (χ1v) is 4.09. The van der Waals surface area contributed by atoms with Crippen LogP contribution in [0.3, 0.4) is 0 Å². The highest BCUT2D eigenvalue weighted by Crippen LogP contribution is 2.28. The predicted molar refractivity (Wildman–Crippen MR) is 45.6 cm³/mol. The Labute approximate surface area is 79.5 Å². The van der Waals surface area contributed by atoms with Gasteiger partial charge in [-0.3, -0.25) is 5.10 Å². The van der Waals surface area contributed by atoms with Gasteiger partial charge >= 0.3 is 6.18 Å². The molecular weight excluding hydrogens is 195 g/mol. The maximum Gasteiger partial charge on any atom is 0.435 e. The minimum Gasteiger partial charge on any atom is -0.325 e. The fraction of sp³-hybridized carbons (Fsp3) is 0.625. The summed E-state index contributed by atoms with van der Waals surface area (Å²) in [7, 11) is 0. The van der Waals surface area contributed by atoms with Gasteiger partial charge in [0.25, 0.3) is 0 Å². The molecule has 0 saturated carbocycles. The van der Waals surface area contributed by atoms with E-state index in [4.69, 9.17) is 5.73 Å². The molecule has 3 N–H and O–H groups in total. The van der Waals surface area contributed by atoms with Crippen molar-refractivity contribution in [3.8, 4) is 0 Å². The van der Waals surface area contributed by atoms with E-state index < -0.39 is 17.4 Å². The van der Waals surface area contributed by atoms with Gasteiger partial charge in [-0.15, -0.1) is 0 Å². The number of halogens is 3. The fourth-order valence-corrected chi connectivity index (χ4v) is 1.09. The number of H-pyrrole nitrogens is 1. The quantitative estimate of drug-likeness (QED) is 0.775. The van der Waals surface area contributed by atoms with Crippen LogP contribution in [-0.4, -0.2) is 15.7 Å². The van der Waals surface area contributed by atoms with Crippen LogP contribution >= 0.6 is 0 Å². The van der Waals surface area contributed by atoms with Crippen LogP contribution in [0.5, 0.6) is 0 Å². The van der Waals surface area contributed by atoms with Gasteiger partial charge in [0.1, 0.15) is 0 Å². The van der Waals surface area contributed by atoms with E-state index in [1.165, 1.54) is 0 Å². The minimum absolute atomic E-state index is 0.329. The number of rotatable bonds is 2. The van der Waals surface area contributed by atoms with Gasteiger partial charge < -0.3 is 5.73 Å². The van der Waals surface area contributed by atoms with E-state index in [-0.39, 0.29) is 0 Å². The number of hydrogen-bond acceptors (Lipinski definition) is 2. The van der Waals surface area contributed by atoms with Gasteiger partial charge in [-0.1, -0.05) is 0 Å². The van der Waals surface area contributed by atoms with Crippen molar-refractivity contribution < 1.29 is 13.2 Å². The first-order valence-electron chi connectivity index (χ1n) is 4.09. The Balaban J connectivity index is 2.79. The third kappa shape index (κ3) is 3.02. The van der Waals surface area contributed by atoms with Crippen molar-refractivity contribution >= 4 is 0 Å². The molecule has 0 radical (unpaired) electrons. The maximum atomic E-state index is 12.1. The fourth-order valence-electron chi connectivity index (χ4n) is 1.09. The summed E-state index contributed by atoms with van der Waals surface area (Å²) in [5.41, 5.74) is 4.60. The molecule has 0 fully saturated rings. The first-order chi connectivity index (χ1) is 6.18. The number of aromatic amines is 1. The Kier molecular flexibility index (Phi) is 2.58. The van der Waals surface area contributed by atoms with Crippen LogP contribution in [0.25, 0.3) is 0 Å². The lowest BCUT2D eigenvalue weighted by Crippen LogP contribution is -2.34. The Hall–Kier alpha value is -1.04. The van der Waals surface area contributed by atoms with Crippen molar-refractivity contribution in [2.45, 2.75) is 32.0 Å². The van der Waals surface area contributed by atoms with E-state index in [2.05, 4.69) is 10.2 Å². The molecule has 3 nitrogen and oxygen atoms in total. The highest BCUT2D eigenvalue weighted by molar-refractivity contribution is 5.13. The van der Waals surface area contributed by atoms with Crippen molar-refractivity contribution in [1.82, 2.24) is 10.2 Å². The third-order valence-electron chi connectivity index (χ3n) is 1.57. The first kappa shape index (κ1) is 11.0. The number of aromatic nitrogens is 2. The van der Waals surface area contributed by atoms with Gasteiger partial charge in [-0.05, 0) is 19.9 Å². The van der Waals surface area contributed by atoms with Gasteiger partial charge in [-0.25, -0.2) is 0 Å². The van der Waals surface area contributed by atoms with Crippen molar-refractivity contribution in [3.63, 3.8) is 0 Å². The number of nitrogens with zero attached hydrogens (tertiary/aromatic N) is 1. The molecule has 14 heavy (non-hydrogen) atoms. The van der Waals surface area contributed by atoms with Gasteiger partial charge in [0, 0.05) is 17.7 Å². The second-order valence-electron chi connectivity index (χ2n) is 3.94. The number of nitrogens with two attached hydrogens (primary N) is 1. The average Bonchev–Trinajstić information content (AvgIpc) is 2.29. The molecule has 0 atom stereocenters. The monoisotopic (exact) mass is 207 g/mol. The second kappa shape index (κ2) is 3.27. The second-order valence-corrected chi connectivity index (χ2v) is 3.94. The van der Waals surface area contributed by atoms with E-state index in [1.54, 1.807) is 13.8 Å². The van der Waals surface area contributed by atoms with E-state index in [0.717, 1.165) is 6.07 Å². The molecule has 1 heterocycles. The van der Waals surface area contributed by atoms with Gasteiger partial charge in [-0.2, -0.15) is 18.3 Å². The summed E-state index contributed by atoms with van der Waals surface area (Å²) >= 11 is 0. The molecule has 1 aromatic rings. The van der Waals surface area contributed by atoms with Crippen LogP contribution in [-0.2, 0) is 12.6 Å². The lowest BCUT2D eigenvalue weighted by atomic mass is 10.0. The van der Waals surface area contributed by atoms with E-state index in [0.29, 0.717) is 12.1 Å². The summed E-state index contributed by atoms with van der Waals surface area (Å²) in [5.74, 6) is 0. The zero-order chi connectivity index (χ0) is 11.0.